The third-order valence-electron chi connectivity index (χ3n) is 3.78. The topological polar surface area (TPSA) is 47.0 Å². The van der Waals surface area contributed by atoms with Gasteiger partial charge in [0.15, 0.2) is 0 Å². The van der Waals surface area contributed by atoms with Gasteiger partial charge < -0.3 is 10.1 Å². The van der Waals surface area contributed by atoms with E-state index in [-0.39, 0.29) is 6.04 Å². The van der Waals surface area contributed by atoms with Crippen molar-refractivity contribution in [2.75, 3.05) is 11.9 Å². The molecule has 2 heterocycles. The second-order valence-corrected chi connectivity index (χ2v) is 5.70. The predicted molar refractivity (Wildman–Crippen MR) is 87.5 cm³/mol. The zero-order valence-corrected chi connectivity index (χ0v) is 12.5. The number of halogens is 1. The first kappa shape index (κ1) is 13.3. The molecule has 1 aliphatic rings. The van der Waals surface area contributed by atoms with E-state index in [4.69, 9.17) is 16.3 Å². The SMILES string of the molecule is Clc1ccc2c(c1)C(Nc1cnc3ccccc3n1)CCO2. The van der Waals surface area contributed by atoms with Crippen molar-refractivity contribution in [2.24, 2.45) is 0 Å². The van der Waals surface area contributed by atoms with E-state index in [0.29, 0.717) is 11.6 Å². The number of aromatic nitrogens is 2. The van der Waals surface area contributed by atoms with Crippen LogP contribution in [0.15, 0.2) is 48.7 Å². The molecule has 0 amide bonds. The molecular weight excluding hydrogens is 298 g/mol. The third-order valence-corrected chi connectivity index (χ3v) is 4.02. The molecule has 5 heteroatoms. The molecule has 0 saturated heterocycles. The van der Waals surface area contributed by atoms with Crippen LogP contribution in [0.3, 0.4) is 0 Å². The molecule has 1 aromatic heterocycles. The van der Waals surface area contributed by atoms with Crippen LogP contribution in [-0.4, -0.2) is 16.6 Å². The second kappa shape index (κ2) is 5.46. The van der Waals surface area contributed by atoms with Crippen molar-refractivity contribution in [3.63, 3.8) is 0 Å². The van der Waals surface area contributed by atoms with Crippen LogP contribution >= 0.6 is 11.6 Å². The van der Waals surface area contributed by atoms with Crippen LogP contribution in [0, 0.1) is 0 Å². The van der Waals surface area contributed by atoms with Gasteiger partial charge in [-0.2, -0.15) is 0 Å². The predicted octanol–water partition coefficient (Wildman–Crippen LogP) is 4.22. The van der Waals surface area contributed by atoms with Crippen molar-refractivity contribution in [3.05, 3.63) is 59.2 Å². The molecule has 4 nitrogen and oxygen atoms in total. The molecule has 4 rings (SSSR count). The molecule has 3 aromatic rings. The van der Waals surface area contributed by atoms with Gasteiger partial charge in [0.25, 0.3) is 0 Å². The van der Waals surface area contributed by atoms with Crippen molar-refractivity contribution in [2.45, 2.75) is 12.5 Å². The zero-order valence-electron chi connectivity index (χ0n) is 11.8. The molecule has 22 heavy (non-hydrogen) atoms. The van der Waals surface area contributed by atoms with Gasteiger partial charge in [0.2, 0.25) is 0 Å². The maximum atomic E-state index is 6.11. The summed E-state index contributed by atoms with van der Waals surface area (Å²) in [5.41, 5.74) is 2.84. The zero-order chi connectivity index (χ0) is 14.9. The lowest BCUT2D eigenvalue weighted by Gasteiger charge is -2.27. The highest BCUT2D eigenvalue weighted by atomic mass is 35.5. The fraction of sp³-hybridized carbons (Fsp3) is 0.176. The number of rotatable bonds is 2. The van der Waals surface area contributed by atoms with E-state index in [9.17, 15) is 0 Å². The third kappa shape index (κ3) is 2.46. The van der Waals surface area contributed by atoms with E-state index < -0.39 is 0 Å². The number of ether oxygens (including phenoxy) is 1. The van der Waals surface area contributed by atoms with Crippen LogP contribution in [0.2, 0.25) is 5.02 Å². The number of nitrogens with one attached hydrogen (secondary N) is 1. The molecule has 0 spiro atoms. The summed E-state index contributed by atoms with van der Waals surface area (Å²) in [6, 6.07) is 13.7. The van der Waals surface area contributed by atoms with E-state index in [1.165, 1.54) is 0 Å². The number of nitrogens with zero attached hydrogens (tertiary/aromatic N) is 2. The average Bonchev–Trinajstić information content (AvgIpc) is 2.55. The molecule has 0 fully saturated rings. The fourth-order valence-electron chi connectivity index (χ4n) is 2.72. The van der Waals surface area contributed by atoms with Crippen molar-refractivity contribution in [1.29, 1.82) is 0 Å². The van der Waals surface area contributed by atoms with Crippen LogP contribution in [0.4, 0.5) is 5.82 Å². The summed E-state index contributed by atoms with van der Waals surface area (Å²) in [6.45, 7) is 0.674. The number of anilines is 1. The van der Waals surface area contributed by atoms with Crippen LogP contribution in [-0.2, 0) is 0 Å². The Kier molecular flexibility index (Phi) is 3.31. The summed E-state index contributed by atoms with van der Waals surface area (Å²) in [6.07, 6.45) is 2.63. The van der Waals surface area contributed by atoms with E-state index >= 15 is 0 Å². The summed E-state index contributed by atoms with van der Waals surface area (Å²) in [4.78, 5) is 9.06. The lowest BCUT2D eigenvalue weighted by atomic mass is 10.0. The first-order valence-corrected chi connectivity index (χ1v) is 7.58. The monoisotopic (exact) mass is 311 g/mol. The quantitative estimate of drug-likeness (QED) is 0.770. The van der Waals surface area contributed by atoms with Crippen LogP contribution in [0.5, 0.6) is 5.75 Å². The highest BCUT2D eigenvalue weighted by molar-refractivity contribution is 6.30. The Labute approximate surface area is 133 Å². The maximum absolute atomic E-state index is 6.11. The Morgan fingerprint density at radius 1 is 1.14 bits per heavy atom. The smallest absolute Gasteiger partial charge is 0.145 e. The van der Waals surface area contributed by atoms with E-state index in [1.807, 2.05) is 42.5 Å². The van der Waals surface area contributed by atoms with Gasteiger partial charge in [-0.25, -0.2) is 4.98 Å². The minimum atomic E-state index is 0.123. The van der Waals surface area contributed by atoms with Gasteiger partial charge in [-0.05, 0) is 30.3 Å². The van der Waals surface area contributed by atoms with Gasteiger partial charge in [-0.3, -0.25) is 4.98 Å². The standard InChI is InChI=1S/C17H14ClN3O/c18-11-5-6-16-12(9-11)13(7-8-22-16)20-17-10-19-14-3-1-2-4-15(14)21-17/h1-6,9-10,13H,7-8H2,(H,20,21). The van der Waals surface area contributed by atoms with E-state index in [2.05, 4.69) is 15.3 Å². The first-order chi connectivity index (χ1) is 10.8. The second-order valence-electron chi connectivity index (χ2n) is 5.26. The molecule has 0 bridgehead atoms. The Morgan fingerprint density at radius 2 is 2.00 bits per heavy atom. The van der Waals surface area contributed by atoms with Crippen molar-refractivity contribution < 1.29 is 4.74 Å². The summed E-state index contributed by atoms with van der Waals surface area (Å²) < 4.78 is 5.68. The van der Waals surface area contributed by atoms with Gasteiger partial charge >= 0.3 is 0 Å². The first-order valence-electron chi connectivity index (χ1n) is 7.20. The molecule has 0 saturated carbocycles. The van der Waals surface area contributed by atoms with Crippen LogP contribution in [0.25, 0.3) is 11.0 Å². The van der Waals surface area contributed by atoms with Gasteiger partial charge in [-0.15, -0.1) is 0 Å². The molecule has 1 unspecified atom stereocenters. The number of benzene rings is 2. The summed E-state index contributed by atoms with van der Waals surface area (Å²) in [7, 11) is 0. The minimum absolute atomic E-state index is 0.123. The Balaban J connectivity index is 1.67. The Morgan fingerprint density at radius 3 is 2.91 bits per heavy atom. The fourth-order valence-corrected chi connectivity index (χ4v) is 2.90. The van der Waals surface area contributed by atoms with E-state index in [1.54, 1.807) is 6.20 Å². The van der Waals surface area contributed by atoms with Gasteiger partial charge in [0.1, 0.15) is 11.6 Å². The molecule has 0 aliphatic carbocycles. The number of hydrogen-bond acceptors (Lipinski definition) is 4. The van der Waals surface area contributed by atoms with Crippen molar-refractivity contribution >= 4 is 28.5 Å². The molecule has 2 aromatic carbocycles. The largest absolute Gasteiger partial charge is 0.493 e. The molecule has 110 valence electrons. The molecular formula is C17H14ClN3O. The van der Waals surface area contributed by atoms with Gasteiger partial charge in [0.05, 0.1) is 29.9 Å². The summed E-state index contributed by atoms with van der Waals surface area (Å²) >= 11 is 6.11. The van der Waals surface area contributed by atoms with Crippen molar-refractivity contribution in [1.82, 2.24) is 9.97 Å². The highest BCUT2D eigenvalue weighted by Gasteiger charge is 2.22. The molecule has 1 atom stereocenters. The van der Waals surface area contributed by atoms with E-state index in [0.717, 1.165) is 34.6 Å². The lowest BCUT2D eigenvalue weighted by molar-refractivity contribution is 0.274. The average molecular weight is 312 g/mol. The Bertz CT molecular complexity index is 837. The summed E-state index contributed by atoms with van der Waals surface area (Å²) in [5.74, 6) is 1.64. The molecule has 1 N–H and O–H groups in total. The number of fused-ring (bicyclic) bond motifs is 2. The maximum Gasteiger partial charge on any atom is 0.145 e. The number of hydrogen-bond donors (Lipinski definition) is 1. The Hall–Kier alpha value is -2.33. The van der Waals surface area contributed by atoms with Gasteiger partial charge in [-0.1, -0.05) is 23.7 Å². The molecule has 0 radical (unpaired) electrons. The highest BCUT2D eigenvalue weighted by Crippen LogP contribution is 2.35. The van der Waals surface area contributed by atoms with Crippen molar-refractivity contribution in [3.8, 4) is 5.75 Å². The van der Waals surface area contributed by atoms with Crippen LogP contribution in [0.1, 0.15) is 18.0 Å². The minimum Gasteiger partial charge on any atom is -0.493 e. The summed E-state index contributed by atoms with van der Waals surface area (Å²) in [5, 5.41) is 4.15. The molecule has 1 aliphatic heterocycles. The van der Waals surface area contributed by atoms with Crippen LogP contribution < -0.4 is 10.1 Å². The lowest BCUT2D eigenvalue weighted by Crippen LogP contribution is -2.21. The number of para-hydroxylation sites is 2. The van der Waals surface area contributed by atoms with Gasteiger partial charge in [0, 0.05) is 17.0 Å². The normalized spacial score (nSPS) is 16.9.